The summed E-state index contributed by atoms with van der Waals surface area (Å²) in [7, 11) is 1.81. The summed E-state index contributed by atoms with van der Waals surface area (Å²) in [6, 6.07) is 9.71. The minimum Gasteiger partial charge on any atom is -0.399 e. The second-order valence-corrected chi connectivity index (χ2v) is 6.84. The van der Waals surface area contributed by atoms with E-state index in [9.17, 15) is 9.18 Å². The van der Waals surface area contributed by atoms with E-state index in [4.69, 9.17) is 17.5 Å². The van der Waals surface area contributed by atoms with Crippen LogP contribution in [0.1, 0.15) is 27.0 Å². The van der Waals surface area contributed by atoms with Crippen molar-refractivity contribution in [3.05, 3.63) is 76.9 Å². The summed E-state index contributed by atoms with van der Waals surface area (Å²) < 4.78 is 16.0. The van der Waals surface area contributed by atoms with Crippen molar-refractivity contribution in [3.63, 3.8) is 0 Å². The van der Waals surface area contributed by atoms with Gasteiger partial charge < -0.3 is 10.6 Å². The molecule has 0 aliphatic heterocycles. The van der Waals surface area contributed by atoms with Gasteiger partial charge in [-0.25, -0.2) is 9.23 Å². The number of aromatic nitrogens is 2. The summed E-state index contributed by atoms with van der Waals surface area (Å²) in [6.45, 7) is 2.34. The predicted molar refractivity (Wildman–Crippen MR) is 108 cm³/mol. The quantitative estimate of drug-likeness (QED) is 0.489. The first kappa shape index (κ1) is 19.9. The monoisotopic (exact) mass is 401 g/mol. The number of nitrogens with two attached hydrogens (primary N) is 1. The molecule has 1 amide bonds. The van der Waals surface area contributed by atoms with Crippen molar-refractivity contribution in [1.82, 2.24) is 14.6 Å². The van der Waals surface area contributed by atoms with Crippen molar-refractivity contribution in [1.29, 1.82) is 0 Å². The maximum absolute atomic E-state index is 14.3. The van der Waals surface area contributed by atoms with Crippen LogP contribution < -0.4 is 15.5 Å². The number of benzene rings is 2. The molecule has 0 saturated carbocycles. The highest BCUT2D eigenvalue weighted by atomic mass is 35.5. The number of rotatable bonds is 6. The molecule has 0 fully saturated rings. The molecular formula is C20H21ClFN5O. The Bertz CT molecular complexity index is 1000. The highest BCUT2D eigenvalue weighted by Crippen LogP contribution is 2.26. The SMILES string of the molecule is Cc1cc(N)ccc1N(Cc1cnn(C)c1)C(=O)c1ccc(CNCl)c(F)c1. The first-order valence-electron chi connectivity index (χ1n) is 8.66. The molecule has 0 unspecified atom stereocenters. The number of halogens is 2. The second-order valence-electron chi connectivity index (χ2n) is 6.58. The summed E-state index contributed by atoms with van der Waals surface area (Å²) in [5.74, 6) is -0.810. The van der Waals surface area contributed by atoms with Gasteiger partial charge in [0.25, 0.3) is 5.91 Å². The zero-order chi connectivity index (χ0) is 20.3. The molecule has 8 heteroatoms. The summed E-state index contributed by atoms with van der Waals surface area (Å²) in [6.07, 6.45) is 3.53. The molecule has 6 nitrogen and oxygen atoms in total. The van der Waals surface area contributed by atoms with Crippen LogP contribution in [0.25, 0.3) is 0 Å². The lowest BCUT2D eigenvalue weighted by Gasteiger charge is -2.24. The van der Waals surface area contributed by atoms with E-state index in [-0.39, 0.29) is 18.0 Å². The maximum atomic E-state index is 14.3. The minimum atomic E-state index is -0.491. The van der Waals surface area contributed by atoms with Gasteiger partial charge in [0.2, 0.25) is 0 Å². The first-order chi connectivity index (χ1) is 13.4. The minimum absolute atomic E-state index is 0.165. The lowest BCUT2D eigenvalue weighted by Crippen LogP contribution is -2.31. The molecule has 3 N–H and O–H groups in total. The zero-order valence-electron chi connectivity index (χ0n) is 15.6. The Morgan fingerprint density at radius 1 is 1.32 bits per heavy atom. The van der Waals surface area contributed by atoms with E-state index in [2.05, 4.69) is 9.93 Å². The molecule has 0 spiro atoms. The van der Waals surface area contributed by atoms with Crippen LogP contribution in [0.4, 0.5) is 15.8 Å². The molecule has 146 valence electrons. The number of nitrogens with one attached hydrogen (secondary N) is 1. The second kappa shape index (κ2) is 8.41. The van der Waals surface area contributed by atoms with Crippen LogP contribution in [-0.2, 0) is 20.1 Å². The van der Waals surface area contributed by atoms with E-state index in [1.807, 2.05) is 20.2 Å². The molecule has 0 radical (unpaired) electrons. The average molecular weight is 402 g/mol. The van der Waals surface area contributed by atoms with Gasteiger partial charge in [0.15, 0.2) is 0 Å². The van der Waals surface area contributed by atoms with E-state index in [1.165, 1.54) is 6.07 Å². The summed E-state index contributed by atoms with van der Waals surface area (Å²) in [4.78, 5) is 17.3. The Labute approximate surface area is 167 Å². The summed E-state index contributed by atoms with van der Waals surface area (Å²) >= 11 is 5.45. The van der Waals surface area contributed by atoms with Gasteiger partial charge in [0.1, 0.15) is 5.82 Å². The summed E-state index contributed by atoms with van der Waals surface area (Å²) in [5, 5.41) is 4.16. The molecule has 0 aliphatic rings. The average Bonchev–Trinajstić information content (AvgIpc) is 3.06. The molecule has 28 heavy (non-hydrogen) atoms. The normalized spacial score (nSPS) is 10.9. The highest BCUT2D eigenvalue weighted by molar-refractivity contribution is 6.13. The van der Waals surface area contributed by atoms with Crippen molar-refractivity contribution in [2.75, 3.05) is 10.6 Å². The number of anilines is 2. The van der Waals surface area contributed by atoms with Crippen LogP contribution in [-0.4, -0.2) is 15.7 Å². The molecular weight excluding hydrogens is 381 g/mol. The fourth-order valence-corrected chi connectivity index (χ4v) is 3.18. The lowest BCUT2D eigenvalue weighted by molar-refractivity contribution is 0.0984. The number of nitrogen functional groups attached to an aromatic ring is 1. The number of aryl methyl sites for hydroxylation is 2. The Balaban J connectivity index is 2.00. The smallest absolute Gasteiger partial charge is 0.258 e. The van der Waals surface area contributed by atoms with Crippen molar-refractivity contribution < 1.29 is 9.18 Å². The van der Waals surface area contributed by atoms with Crippen LogP contribution in [0.5, 0.6) is 0 Å². The molecule has 1 aromatic heterocycles. The molecule has 1 heterocycles. The molecule has 0 saturated heterocycles. The van der Waals surface area contributed by atoms with Crippen LogP contribution in [0, 0.1) is 12.7 Å². The van der Waals surface area contributed by atoms with Crippen LogP contribution in [0.3, 0.4) is 0 Å². The van der Waals surface area contributed by atoms with Gasteiger partial charge in [-0.1, -0.05) is 6.07 Å². The van der Waals surface area contributed by atoms with E-state index in [1.54, 1.807) is 46.1 Å². The fraction of sp³-hybridized carbons (Fsp3) is 0.200. The van der Waals surface area contributed by atoms with Gasteiger partial charge in [-0.2, -0.15) is 5.10 Å². The van der Waals surface area contributed by atoms with Crippen molar-refractivity contribution in [2.45, 2.75) is 20.0 Å². The van der Waals surface area contributed by atoms with E-state index < -0.39 is 5.82 Å². The van der Waals surface area contributed by atoms with Crippen molar-refractivity contribution >= 4 is 29.1 Å². The van der Waals surface area contributed by atoms with Gasteiger partial charge in [0, 0.05) is 47.9 Å². The molecule has 0 aliphatic carbocycles. The highest BCUT2D eigenvalue weighted by Gasteiger charge is 2.21. The number of carbonyl (C=O) groups is 1. The fourth-order valence-electron chi connectivity index (χ4n) is 3.04. The van der Waals surface area contributed by atoms with Crippen molar-refractivity contribution in [2.24, 2.45) is 7.05 Å². The van der Waals surface area contributed by atoms with Crippen molar-refractivity contribution in [3.8, 4) is 0 Å². The number of amides is 1. The lowest BCUT2D eigenvalue weighted by atomic mass is 10.1. The number of nitrogens with zero attached hydrogens (tertiary/aromatic N) is 3. The standard InChI is InChI=1S/C20H21ClFN5O/c1-13-7-17(23)5-6-19(13)27(12-14-9-25-26(2)11-14)20(28)15-3-4-16(10-24-21)18(22)8-15/h3-9,11,24H,10,12,23H2,1-2H3. The third kappa shape index (κ3) is 4.32. The predicted octanol–water partition coefficient (Wildman–Crippen LogP) is 3.54. The van der Waals surface area contributed by atoms with Crippen LogP contribution in [0.15, 0.2) is 48.8 Å². The topological polar surface area (TPSA) is 76.2 Å². The zero-order valence-corrected chi connectivity index (χ0v) is 16.4. The number of carbonyl (C=O) groups excluding carboxylic acids is 1. The van der Waals surface area contributed by atoms with Crippen LogP contribution in [0.2, 0.25) is 0 Å². The first-order valence-corrected chi connectivity index (χ1v) is 9.04. The van der Waals surface area contributed by atoms with Gasteiger partial charge >= 0.3 is 0 Å². The molecule has 2 aromatic carbocycles. The summed E-state index contributed by atoms with van der Waals surface area (Å²) in [5.41, 5.74) is 9.50. The molecule has 0 atom stereocenters. The third-order valence-corrected chi connectivity index (χ3v) is 4.55. The third-order valence-electron chi connectivity index (χ3n) is 4.41. The Hall–Kier alpha value is -2.90. The van der Waals surface area contributed by atoms with E-state index in [0.29, 0.717) is 23.5 Å². The maximum Gasteiger partial charge on any atom is 0.258 e. The number of hydrogen-bond donors (Lipinski definition) is 2. The van der Waals surface area contributed by atoms with Gasteiger partial charge in [-0.15, -0.1) is 0 Å². The molecule has 0 bridgehead atoms. The van der Waals surface area contributed by atoms with E-state index >= 15 is 0 Å². The molecule has 3 rings (SSSR count). The van der Waals surface area contributed by atoms with Gasteiger partial charge in [0.05, 0.1) is 12.7 Å². The Morgan fingerprint density at radius 3 is 2.71 bits per heavy atom. The Morgan fingerprint density at radius 2 is 2.11 bits per heavy atom. The van der Waals surface area contributed by atoms with Gasteiger partial charge in [-0.3, -0.25) is 9.48 Å². The van der Waals surface area contributed by atoms with Crippen LogP contribution >= 0.6 is 11.8 Å². The Kier molecular flexibility index (Phi) is 5.96. The number of hydrogen-bond acceptors (Lipinski definition) is 4. The van der Waals surface area contributed by atoms with Gasteiger partial charge in [-0.05, 0) is 54.6 Å². The molecule has 3 aromatic rings. The van der Waals surface area contributed by atoms with E-state index in [0.717, 1.165) is 11.1 Å². The largest absolute Gasteiger partial charge is 0.399 e.